The molecule has 2 saturated heterocycles. The van der Waals surface area contributed by atoms with E-state index < -0.39 is 11.9 Å². The van der Waals surface area contributed by atoms with Gasteiger partial charge >= 0.3 is 5.97 Å². The lowest BCUT2D eigenvalue weighted by Crippen LogP contribution is -2.40. The zero-order valence-electron chi connectivity index (χ0n) is 15.2. The van der Waals surface area contributed by atoms with Gasteiger partial charge in [0.05, 0.1) is 11.8 Å². The van der Waals surface area contributed by atoms with Crippen LogP contribution in [-0.4, -0.2) is 59.5 Å². The van der Waals surface area contributed by atoms with Crippen LogP contribution in [0.25, 0.3) is 0 Å². The molecule has 0 aromatic rings. The van der Waals surface area contributed by atoms with Gasteiger partial charge in [-0.1, -0.05) is 13.8 Å². The average Bonchev–Trinajstić information content (AvgIpc) is 2.87. The van der Waals surface area contributed by atoms with Gasteiger partial charge in [-0.05, 0) is 69.5 Å². The SMILES string of the molecule is CC1(C)[C@H](C(=O)O)[C@@H]1C(=O)N1CCC(CCCN2CCCC2)CC1. The molecule has 2 atom stereocenters. The lowest BCUT2D eigenvalue weighted by molar-refractivity contribution is -0.142. The maximum absolute atomic E-state index is 12.6. The van der Waals surface area contributed by atoms with E-state index in [2.05, 4.69) is 4.90 Å². The van der Waals surface area contributed by atoms with Gasteiger partial charge in [-0.15, -0.1) is 0 Å². The second kappa shape index (κ2) is 7.03. The van der Waals surface area contributed by atoms with Gasteiger partial charge in [0.15, 0.2) is 0 Å². The Hall–Kier alpha value is -1.10. The zero-order valence-corrected chi connectivity index (χ0v) is 15.2. The van der Waals surface area contributed by atoms with Gasteiger partial charge in [0, 0.05) is 13.1 Å². The van der Waals surface area contributed by atoms with Gasteiger partial charge < -0.3 is 14.9 Å². The first-order valence-corrected chi connectivity index (χ1v) is 9.65. The molecular weight excluding hydrogens is 304 g/mol. The van der Waals surface area contributed by atoms with Gasteiger partial charge in [0.1, 0.15) is 0 Å². The molecule has 2 heterocycles. The number of carbonyl (C=O) groups is 2. The first kappa shape index (κ1) is 17.7. The van der Waals surface area contributed by atoms with Crippen LogP contribution in [0.2, 0.25) is 0 Å². The number of carboxylic acid groups (broad SMARTS) is 1. The monoisotopic (exact) mass is 336 g/mol. The van der Waals surface area contributed by atoms with Crippen molar-refractivity contribution in [3.8, 4) is 0 Å². The van der Waals surface area contributed by atoms with Crippen LogP contribution in [-0.2, 0) is 9.59 Å². The Morgan fingerprint density at radius 3 is 2.21 bits per heavy atom. The molecular formula is C19H32N2O3. The third-order valence-corrected chi connectivity index (χ3v) is 6.57. The molecule has 0 spiro atoms. The van der Waals surface area contributed by atoms with E-state index in [0.29, 0.717) is 0 Å². The van der Waals surface area contributed by atoms with Crippen LogP contribution in [0.3, 0.4) is 0 Å². The molecule has 1 saturated carbocycles. The highest BCUT2D eigenvalue weighted by molar-refractivity contribution is 5.91. The minimum absolute atomic E-state index is 0.0721. The second-order valence-corrected chi connectivity index (χ2v) is 8.57. The fraction of sp³-hybridized carbons (Fsp3) is 0.895. The van der Waals surface area contributed by atoms with E-state index in [4.69, 9.17) is 0 Å². The number of amides is 1. The van der Waals surface area contributed by atoms with Gasteiger partial charge in [0.25, 0.3) is 0 Å². The lowest BCUT2D eigenvalue weighted by atomic mass is 9.91. The van der Waals surface area contributed by atoms with Crippen molar-refractivity contribution < 1.29 is 14.7 Å². The third-order valence-electron chi connectivity index (χ3n) is 6.57. The van der Waals surface area contributed by atoms with E-state index in [9.17, 15) is 14.7 Å². The third kappa shape index (κ3) is 3.61. The number of carbonyl (C=O) groups excluding carboxylic acids is 1. The number of hydrogen-bond acceptors (Lipinski definition) is 3. The van der Waals surface area contributed by atoms with Crippen LogP contribution in [0.5, 0.6) is 0 Å². The molecule has 24 heavy (non-hydrogen) atoms. The summed E-state index contributed by atoms with van der Waals surface area (Å²) in [4.78, 5) is 28.4. The quantitative estimate of drug-likeness (QED) is 0.809. The van der Waals surface area contributed by atoms with Gasteiger partial charge in [-0.2, -0.15) is 0 Å². The number of carboxylic acids is 1. The van der Waals surface area contributed by atoms with Crippen LogP contribution < -0.4 is 0 Å². The lowest BCUT2D eigenvalue weighted by Gasteiger charge is -2.32. The van der Waals surface area contributed by atoms with Crippen molar-refractivity contribution in [1.82, 2.24) is 9.80 Å². The first-order valence-electron chi connectivity index (χ1n) is 9.65. The van der Waals surface area contributed by atoms with Crippen LogP contribution in [0.4, 0.5) is 0 Å². The average molecular weight is 336 g/mol. The Kier molecular flexibility index (Phi) is 5.19. The molecule has 5 heteroatoms. The molecule has 3 fully saturated rings. The van der Waals surface area contributed by atoms with Crippen molar-refractivity contribution >= 4 is 11.9 Å². The van der Waals surface area contributed by atoms with Crippen molar-refractivity contribution in [2.75, 3.05) is 32.7 Å². The second-order valence-electron chi connectivity index (χ2n) is 8.57. The molecule has 2 aliphatic heterocycles. The Bertz CT molecular complexity index is 477. The number of nitrogens with zero attached hydrogens (tertiary/aromatic N) is 2. The van der Waals surface area contributed by atoms with Gasteiger partial charge in [-0.25, -0.2) is 0 Å². The molecule has 5 nitrogen and oxygen atoms in total. The highest BCUT2D eigenvalue weighted by Crippen LogP contribution is 2.59. The van der Waals surface area contributed by atoms with Gasteiger partial charge in [0.2, 0.25) is 5.91 Å². The van der Waals surface area contributed by atoms with E-state index in [0.717, 1.165) is 31.8 Å². The van der Waals surface area contributed by atoms with Crippen LogP contribution in [0.1, 0.15) is 52.4 Å². The summed E-state index contributed by atoms with van der Waals surface area (Å²) in [7, 11) is 0. The topological polar surface area (TPSA) is 60.9 Å². The molecule has 3 rings (SSSR count). The Morgan fingerprint density at radius 1 is 1.04 bits per heavy atom. The van der Waals surface area contributed by atoms with Crippen molar-refractivity contribution in [3.63, 3.8) is 0 Å². The van der Waals surface area contributed by atoms with Crippen LogP contribution >= 0.6 is 0 Å². The number of likely N-dealkylation sites (tertiary alicyclic amines) is 2. The van der Waals surface area contributed by atoms with Crippen molar-refractivity contribution in [2.45, 2.75) is 52.4 Å². The van der Waals surface area contributed by atoms with E-state index in [1.54, 1.807) is 0 Å². The summed E-state index contributed by atoms with van der Waals surface area (Å²) in [6.45, 7) is 9.20. The number of piperidine rings is 1. The first-order chi connectivity index (χ1) is 11.4. The summed E-state index contributed by atoms with van der Waals surface area (Å²) >= 11 is 0. The predicted octanol–water partition coefficient (Wildman–Crippen LogP) is 2.46. The molecule has 0 aromatic carbocycles. The Labute approximate surface area is 145 Å². The summed E-state index contributed by atoms with van der Waals surface area (Å²) in [5, 5.41) is 9.26. The maximum Gasteiger partial charge on any atom is 0.307 e. The van der Waals surface area contributed by atoms with Crippen LogP contribution in [0, 0.1) is 23.2 Å². The largest absolute Gasteiger partial charge is 0.481 e. The summed E-state index contributed by atoms with van der Waals surface area (Å²) in [6, 6.07) is 0. The number of hydrogen-bond donors (Lipinski definition) is 1. The standard InChI is InChI=1S/C19H32N2O3/c1-19(2)15(16(19)18(23)24)17(22)21-12-7-14(8-13-21)6-5-11-20-9-3-4-10-20/h14-16H,3-13H2,1-2H3,(H,23,24)/t15-,16+/m1/s1. The van der Waals surface area contributed by atoms with E-state index in [1.807, 2.05) is 18.7 Å². The Balaban J connectivity index is 1.39. The number of rotatable bonds is 6. The fourth-order valence-electron chi connectivity index (χ4n) is 4.81. The van der Waals surface area contributed by atoms with Crippen LogP contribution in [0.15, 0.2) is 0 Å². The molecule has 3 aliphatic rings. The highest BCUT2D eigenvalue weighted by atomic mass is 16.4. The summed E-state index contributed by atoms with van der Waals surface area (Å²) in [6.07, 6.45) is 7.42. The van der Waals surface area contributed by atoms with E-state index in [-0.39, 0.29) is 17.2 Å². The highest BCUT2D eigenvalue weighted by Gasteiger charge is 2.66. The van der Waals surface area contributed by atoms with E-state index >= 15 is 0 Å². The van der Waals surface area contributed by atoms with E-state index in [1.165, 1.54) is 45.3 Å². The predicted molar refractivity (Wildman–Crippen MR) is 92.6 cm³/mol. The maximum atomic E-state index is 12.6. The zero-order chi connectivity index (χ0) is 17.3. The molecule has 136 valence electrons. The molecule has 0 unspecified atom stereocenters. The molecule has 1 amide bonds. The van der Waals surface area contributed by atoms with Crippen molar-refractivity contribution in [1.29, 1.82) is 0 Å². The van der Waals surface area contributed by atoms with Crippen molar-refractivity contribution in [3.05, 3.63) is 0 Å². The summed E-state index contributed by atoms with van der Waals surface area (Å²) in [5.74, 6) is -0.831. The van der Waals surface area contributed by atoms with Gasteiger partial charge in [-0.3, -0.25) is 9.59 Å². The molecule has 0 bridgehead atoms. The summed E-state index contributed by atoms with van der Waals surface area (Å²) in [5.41, 5.74) is -0.379. The Morgan fingerprint density at radius 2 is 1.67 bits per heavy atom. The molecule has 1 N–H and O–H groups in total. The van der Waals surface area contributed by atoms with Crippen molar-refractivity contribution in [2.24, 2.45) is 23.2 Å². The molecule has 0 radical (unpaired) electrons. The summed E-state index contributed by atoms with van der Waals surface area (Å²) < 4.78 is 0. The minimum atomic E-state index is -0.824. The smallest absolute Gasteiger partial charge is 0.307 e. The number of aliphatic carboxylic acids is 1. The fourth-order valence-corrected chi connectivity index (χ4v) is 4.81. The normalized spacial score (nSPS) is 30.5. The molecule has 0 aromatic heterocycles. The molecule has 1 aliphatic carbocycles. The minimum Gasteiger partial charge on any atom is -0.481 e.